The summed E-state index contributed by atoms with van der Waals surface area (Å²) in [7, 11) is -1.30. The van der Waals surface area contributed by atoms with Crippen LogP contribution in [0, 0.1) is 29.0 Å². The molecule has 2 unspecified atom stereocenters. The Balaban J connectivity index is 1.64. The molecule has 0 radical (unpaired) electrons. The fraction of sp³-hybridized carbons (Fsp3) is 0.667. The molecule has 1 N–H and O–H groups in total. The Morgan fingerprint density at radius 3 is 2.23 bits per heavy atom. The number of carboxylic acids is 1. The Labute approximate surface area is 179 Å². The van der Waals surface area contributed by atoms with E-state index in [1.165, 1.54) is 12.1 Å². The number of ether oxygens (including phenoxy) is 1. The van der Waals surface area contributed by atoms with Crippen molar-refractivity contribution < 1.29 is 23.8 Å². The summed E-state index contributed by atoms with van der Waals surface area (Å²) < 4.78 is 19.4. The highest BCUT2D eigenvalue weighted by atomic mass is 28.3. The van der Waals surface area contributed by atoms with Gasteiger partial charge in [0.2, 0.25) is 0 Å². The Morgan fingerprint density at radius 1 is 1.10 bits per heavy atom. The number of hydrogen-bond donors (Lipinski definition) is 1. The smallest absolute Gasteiger partial charge is 0.309 e. The van der Waals surface area contributed by atoms with E-state index in [1.807, 2.05) is 0 Å². The molecule has 4 aliphatic carbocycles. The maximum absolute atomic E-state index is 13.7. The molecule has 0 aromatic heterocycles. The third kappa shape index (κ3) is 3.72. The molecule has 4 aliphatic rings. The Hall–Kier alpha value is -1.69. The molecule has 4 nitrogen and oxygen atoms in total. The standard InChI is InChI=1S/C24H33FO4Si/c1-30(2,3)9-8-29-21(26)15-24(17-4-6-20(25)7-5-17)18-10-16-11-19(24)14-23(12-16,13-18)22(27)28/h4-7,16,18-19H,8-15H2,1-3H3,(H,27,28). The maximum Gasteiger partial charge on any atom is 0.309 e. The SMILES string of the molecule is C[Si](C)(C)CCOC(=O)CC1(c2ccc(F)cc2)C2CC3CC1CC(C(=O)O)(C3)C2. The first-order chi connectivity index (χ1) is 14.0. The van der Waals surface area contributed by atoms with Crippen molar-refractivity contribution >= 4 is 20.0 Å². The second-order valence-corrected chi connectivity index (χ2v) is 16.8. The van der Waals surface area contributed by atoms with E-state index in [2.05, 4.69) is 19.6 Å². The predicted octanol–water partition coefficient (Wildman–Crippen LogP) is 5.25. The van der Waals surface area contributed by atoms with Gasteiger partial charge in [-0.05, 0) is 73.6 Å². The summed E-state index contributed by atoms with van der Waals surface area (Å²) in [6.45, 7) is 7.21. The maximum atomic E-state index is 13.7. The number of rotatable bonds is 7. The molecule has 0 saturated heterocycles. The van der Waals surface area contributed by atoms with Crippen molar-refractivity contribution in [1.29, 1.82) is 0 Å². The van der Waals surface area contributed by atoms with Crippen LogP contribution in [0.4, 0.5) is 4.39 Å². The molecule has 6 heteroatoms. The number of halogens is 1. The highest BCUT2D eigenvalue weighted by Crippen LogP contribution is 2.68. The zero-order valence-electron chi connectivity index (χ0n) is 18.2. The van der Waals surface area contributed by atoms with Gasteiger partial charge in [-0.3, -0.25) is 9.59 Å². The topological polar surface area (TPSA) is 63.6 Å². The third-order valence-corrected chi connectivity index (χ3v) is 9.74. The van der Waals surface area contributed by atoms with E-state index in [0.29, 0.717) is 25.4 Å². The van der Waals surface area contributed by atoms with E-state index in [0.717, 1.165) is 30.9 Å². The highest BCUT2D eigenvalue weighted by Gasteiger charge is 2.65. The minimum Gasteiger partial charge on any atom is -0.481 e. The molecule has 0 spiro atoms. The lowest BCUT2D eigenvalue weighted by Gasteiger charge is -2.64. The second-order valence-electron chi connectivity index (χ2n) is 11.2. The molecule has 164 valence electrons. The fourth-order valence-electron chi connectivity index (χ4n) is 6.74. The van der Waals surface area contributed by atoms with E-state index < -0.39 is 24.9 Å². The largest absolute Gasteiger partial charge is 0.481 e. The van der Waals surface area contributed by atoms with Crippen molar-refractivity contribution in [2.75, 3.05) is 6.61 Å². The van der Waals surface area contributed by atoms with Gasteiger partial charge in [0, 0.05) is 13.5 Å². The zero-order chi connectivity index (χ0) is 21.7. The summed E-state index contributed by atoms with van der Waals surface area (Å²) in [6, 6.07) is 7.47. The summed E-state index contributed by atoms with van der Waals surface area (Å²) in [4.78, 5) is 25.1. The fourth-order valence-corrected chi connectivity index (χ4v) is 7.46. The van der Waals surface area contributed by atoms with Crippen molar-refractivity contribution in [3.63, 3.8) is 0 Å². The number of carboxylic acid groups (broad SMARTS) is 1. The lowest BCUT2D eigenvalue weighted by atomic mass is 9.39. The van der Waals surface area contributed by atoms with E-state index in [9.17, 15) is 19.1 Å². The monoisotopic (exact) mass is 432 g/mol. The van der Waals surface area contributed by atoms with Crippen molar-refractivity contribution in [2.45, 2.75) is 69.6 Å². The molecule has 4 saturated carbocycles. The van der Waals surface area contributed by atoms with E-state index in [4.69, 9.17) is 4.74 Å². The van der Waals surface area contributed by atoms with Crippen LogP contribution in [0.1, 0.15) is 44.1 Å². The van der Waals surface area contributed by atoms with Crippen LogP contribution in [-0.2, 0) is 19.7 Å². The highest BCUT2D eigenvalue weighted by molar-refractivity contribution is 6.76. The molecular formula is C24H33FO4Si. The van der Waals surface area contributed by atoms with Crippen molar-refractivity contribution in [3.8, 4) is 0 Å². The lowest BCUT2D eigenvalue weighted by molar-refractivity contribution is -0.178. The van der Waals surface area contributed by atoms with Gasteiger partial charge in [-0.2, -0.15) is 0 Å². The van der Waals surface area contributed by atoms with E-state index in [1.54, 1.807) is 12.1 Å². The first-order valence-corrected chi connectivity index (χ1v) is 14.9. The van der Waals surface area contributed by atoms with Gasteiger partial charge in [-0.1, -0.05) is 31.8 Å². The second kappa shape index (κ2) is 7.47. The average molecular weight is 433 g/mol. The summed E-state index contributed by atoms with van der Waals surface area (Å²) in [5.74, 6) is -0.529. The summed E-state index contributed by atoms with van der Waals surface area (Å²) in [6.07, 6.45) is 4.14. The molecule has 0 aliphatic heterocycles. The minimum absolute atomic E-state index is 0.120. The van der Waals surface area contributed by atoms with Crippen LogP contribution in [-0.4, -0.2) is 31.7 Å². The van der Waals surface area contributed by atoms with Crippen LogP contribution in [0.2, 0.25) is 25.7 Å². The van der Waals surface area contributed by atoms with Crippen molar-refractivity contribution in [3.05, 3.63) is 35.6 Å². The number of carbonyl (C=O) groups excluding carboxylic acids is 1. The first-order valence-electron chi connectivity index (χ1n) is 11.2. The Morgan fingerprint density at radius 2 is 1.70 bits per heavy atom. The molecule has 30 heavy (non-hydrogen) atoms. The molecule has 0 heterocycles. The molecule has 1 aromatic rings. The Kier molecular flexibility index (Phi) is 5.36. The van der Waals surface area contributed by atoms with Crippen LogP contribution in [0.5, 0.6) is 0 Å². The summed E-state index contributed by atoms with van der Waals surface area (Å²) in [5, 5.41) is 9.99. The van der Waals surface area contributed by atoms with Crippen LogP contribution < -0.4 is 0 Å². The van der Waals surface area contributed by atoms with Crippen LogP contribution in [0.15, 0.2) is 24.3 Å². The molecule has 1 aromatic carbocycles. The quantitative estimate of drug-likeness (QED) is 0.472. The van der Waals surface area contributed by atoms with Gasteiger partial charge in [0.15, 0.2) is 0 Å². The number of hydrogen-bond acceptors (Lipinski definition) is 3. The van der Waals surface area contributed by atoms with Gasteiger partial charge in [-0.25, -0.2) is 4.39 Å². The third-order valence-electron chi connectivity index (χ3n) is 8.03. The minimum atomic E-state index is -1.30. The zero-order valence-corrected chi connectivity index (χ0v) is 19.2. The summed E-state index contributed by atoms with van der Waals surface area (Å²) in [5.41, 5.74) is -0.123. The first kappa shape index (κ1) is 21.5. The lowest BCUT2D eigenvalue weighted by Crippen LogP contribution is -2.61. The number of carbonyl (C=O) groups is 2. The van der Waals surface area contributed by atoms with Gasteiger partial charge in [0.25, 0.3) is 0 Å². The average Bonchev–Trinajstić information content (AvgIpc) is 2.64. The number of benzene rings is 1. The van der Waals surface area contributed by atoms with Gasteiger partial charge in [0.05, 0.1) is 18.4 Å². The van der Waals surface area contributed by atoms with Crippen molar-refractivity contribution in [1.82, 2.24) is 0 Å². The molecule has 4 bridgehead atoms. The van der Waals surface area contributed by atoms with Gasteiger partial charge in [-0.15, -0.1) is 0 Å². The molecule has 4 fully saturated rings. The van der Waals surface area contributed by atoms with Gasteiger partial charge < -0.3 is 9.84 Å². The number of esters is 1. The predicted molar refractivity (Wildman–Crippen MR) is 115 cm³/mol. The normalized spacial score (nSPS) is 34.7. The number of aliphatic carboxylic acids is 1. The molecule has 0 amide bonds. The molecular weight excluding hydrogens is 399 g/mol. The molecule has 5 rings (SSSR count). The van der Waals surface area contributed by atoms with Gasteiger partial charge >= 0.3 is 11.9 Å². The Bertz CT molecular complexity index is 813. The molecule has 2 atom stereocenters. The van der Waals surface area contributed by atoms with Crippen LogP contribution in [0.25, 0.3) is 0 Å². The van der Waals surface area contributed by atoms with Crippen LogP contribution in [0.3, 0.4) is 0 Å². The van der Waals surface area contributed by atoms with Gasteiger partial charge in [0.1, 0.15) is 5.82 Å². The van der Waals surface area contributed by atoms with Crippen molar-refractivity contribution in [2.24, 2.45) is 23.2 Å². The van der Waals surface area contributed by atoms with Crippen LogP contribution >= 0.6 is 0 Å². The van der Waals surface area contributed by atoms with E-state index >= 15 is 0 Å². The summed E-state index contributed by atoms with van der Waals surface area (Å²) >= 11 is 0. The van der Waals surface area contributed by atoms with E-state index in [-0.39, 0.29) is 30.0 Å².